The largest absolute Gasteiger partial charge is 0.481 e. The van der Waals surface area contributed by atoms with Crippen molar-refractivity contribution in [2.75, 3.05) is 0 Å². The van der Waals surface area contributed by atoms with Gasteiger partial charge in [0, 0.05) is 6.42 Å². The van der Waals surface area contributed by atoms with E-state index in [0.29, 0.717) is 0 Å². The van der Waals surface area contributed by atoms with Gasteiger partial charge in [0.05, 0.1) is 0 Å². The molecule has 0 heterocycles. The van der Waals surface area contributed by atoms with E-state index in [2.05, 4.69) is 5.73 Å². The third-order valence-corrected chi connectivity index (χ3v) is 0.920. The summed E-state index contributed by atoms with van der Waals surface area (Å²) in [5.41, 5.74) is 4.52. The molecule has 4 nitrogen and oxygen atoms in total. The number of rotatable bonds is 4. The van der Waals surface area contributed by atoms with Crippen LogP contribution in [0.3, 0.4) is 0 Å². The Hall–Kier alpha value is -1.13. The molecule has 0 saturated carbocycles. The van der Waals surface area contributed by atoms with E-state index in [4.69, 9.17) is 5.11 Å². The zero-order chi connectivity index (χ0) is 8.15. The van der Waals surface area contributed by atoms with Crippen molar-refractivity contribution in [2.24, 2.45) is 5.73 Å². The fourth-order valence-corrected chi connectivity index (χ4v) is 0.392. The summed E-state index contributed by atoms with van der Waals surface area (Å²) in [5, 5.41) is 8.03. The van der Waals surface area contributed by atoms with Crippen molar-refractivity contribution in [3.8, 4) is 0 Å². The van der Waals surface area contributed by atoms with Crippen LogP contribution in [0.1, 0.15) is 12.8 Å². The van der Waals surface area contributed by atoms with Crippen molar-refractivity contribution in [2.45, 2.75) is 19.0 Å². The molecule has 58 valence electrons. The Morgan fingerprint density at radius 2 is 2.10 bits per heavy atom. The second-order valence-corrected chi connectivity index (χ2v) is 1.80. The summed E-state index contributed by atoms with van der Waals surface area (Å²) in [6, 6.07) is 0. The molecule has 0 aromatic carbocycles. The number of hydrogen-bond acceptors (Lipinski definition) is 2. The van der Waals surface area contributed by atoms with Gasteiger partial charge in [-0.3, -0.25) is 9.59 Å². The molecule has 0 spiro atoms. The lowest BCUT2D eigenvalue weighted by atomic mass is 10.2. The first-order chi connectivity index (χ1) is 4.54. The van der Waals surface area contributed by atoms with Crippen molar-refractivity contribution in [3.05, 3.63) is 0 Å². The molecule has 0 aliphatic rings. The fourth-order valence-electron chi connectivity index (χ4n) is 0.392. The first-order valence-corrected chi connectivity index (χ1v) is 2.69. The molecule has 0 unspecified atom stereocenters. The maximum atomic E-state index is 12.1. The van der Waals surface area contributed by atoms with Crippen molar-refractivity contribution in [3.63, 3.8) is 0 Å². The van der Waals surface area contributed by atoms with E-state index in [0.717, 1.165) is 0 Å². The van der Waals surface area contributed by atoms with Gasteiger partial charge in [0.15, 0.2) is 6.17 Å². The average molecular weight is 149 g/mol. The minimum Gasteiger partial charge on any atom is -0.481 e. The maximum absolute atomic E-state index is 12.1. The standard InChI is InChI=1S/C5H8FNO3/c6-3(5(7)10)1-2-4(8)9/h3H,1-2H2,(H2,7,10)(H,8,9)/t3-/m1/s1. The molecule has 0 bridgehead atoms. The van der Waals surface area contributed by atoms with Crippen LogP contribution in [0.4, 0.5) is 4.39 Å². The molecule has 5 heteroatoms. The number of carbonyl (C=O) groups is 2. The first-order valence-electron chi connectivity index (χ1n) is 2.69. The van der Waals surface area contributed by atoms with Crippen LogP contribution in [0.15, 0.2) is 0 Å². The summed E-state index contributed by atoms with van der Waals surface area (Å²) in [7, 11) is 0. The normalized spacial score (nSPS) is 12.5. The Balaban J connectivity index is 3.49. The minimum absolute atomic E-state index is 0.343. The molecule has 10 heavy (non-hydrogen) atoms. The highest BCUT2D eigenvalue weighted by atomic mass is 19.1. The van der Waals surface area contributed by atoms with Gasteiger partial charge < -0.3 is 10.8 Å². The predicted octanol–water partition coefficient (Wildman–Crippen LogP) is -0.325. The van der Waals surface area contributed by atoms with Gasteiger partial charge >= 0.3 is 5.97 Å². The molecule has 0 fully saturated rings. The fraction of sp³-hybridized carbons (Fsp3) is 0.600. The summed E-state index contributed by atoms with van der Waals surface area (Å²) in [4.78, 5) is 19.8. The molecule has 0 aliphatic carbocycles. The molecule has 0 saturated heterocycles. The van der Waals surface area contributed by atoms with Crippen LogP contribution in [0.25, 0.3) is 0 Å². The van der Waals surface area contributed by atoms with E-state index in [1.165, 1.54) is 0 Å². The lowest BCUT2D eigenvalue weighted by Gasteiger charge is -1.98. The monoisotopic (exact) mass is 149 g/mol. The summed E-state index contributed by atoms with van der Waals surface area (Å²) in [6.07, 6.45) is -2.55. The number of aliphatic carboxylic acids is 1. The van der Waals surface area contributed by atoms with Gasteiger partial charge in [0.2, 0.25) is 0 Å². The summed E-state index contributed by atoms with van der Waals surface area (Å²) in [5.74, 6) is -2.25. The average Bonchev–Trinajstić information content (AvgIpc) is 1.82. The Kier molecular flexibility index (Phi) is 3.38. The van der Waals surface area contributed by atoms with Crippen LogP contribution in [0.2, 0.25) is 0 Å². The number of primary amides is 1. The summed E-state index contributed by atoms with van der Waals surface area (Å²) >= 11 is 0. The minimum atomic E-state index is -1.84. The summed E-state index contributed by atoms with van der Waals surface area (Å²) in [6.45, 7) is 0. The predicted molar refractivity (Wildman–Crippen MR) is 31.0 cm³/mol. The molecule has 0 aromatic rings. The van der Waals surface area contributed by atoms with Crippen molar-refractivity contribution >= 4 is 11.9 Å². The zero-order valence-electron chi connectivity index (χ0n) is 5.21. The van der Waals surface area contributed by atoms with Crippen LogP contribution in [0, 0.1) is 0 Å². The van der Waals surface area contributed by atoms with E-state index in [1.807, 2.05) is 0 Å². The Morgan fingerprint density at radius 3 is 2.40 bits per heavy atom. The van der Waals surface area contributed by atoms with Gasteiger partial charge in [-0.05, 0) is 6.42 Å². The molecule has 1 amide bonds. The van der Waals surface area contributed by atoms with Gasteiger partial charge in [0.1, 0.15) is 0 Å². The van der Waals surface area contributed by atoms with Gasteiger partial charge in [-0.1, -0.05) is 0 Å². The molecule has 3 N–H and O–H groups in total. The van der Waals surface area contributed by atoms with E-state index in [-0.39, 0.29) is 12.8 Å². The van der Waals surface area contributed by atoms with Crippen molar-refractivity contribution < 1.29 is 19.1 Å². The van der Waals surface area contributed by atoms with Gasteiger partial charge in [-0.2, -0.15) is 0 Å². The summed E-state index contributed by atoms with van der Waals surface area (Å²) < 4.78 is 12.1. The molecular formula is C5H8FNO3. The smallest absolute Gasteiger partial charge is 0.303 e. The number of hydrogen-bond donors (Lipinski definition) is 2. The lowest BCUT2D eigenvalue weighted by molar-refractivity contribution is -0.137. The van der Waals surface area contributed by atoms with Crippen LogP contribution in [0.5, 0.6) is 0 Å². The first kappa shape index (κ1) is 8.87. The van der Waals surface area contributed by atoms with Crippen LogP contribution < -0.4 is 5.73 Å². The molecule has 0 rings (SSSR count). The number of carboxylic acids is 1. The van der Waals surface area contributed by atoms with Crippen molar-refractivity contribution in [1.82, 2.24) is 0 Å². The maximum Gasteiger partial charge on any atom is 0.303 e. The number of halogens is 1. The molecular weight excluding hydrogens is 141 g/mol. The Bertz CT molecular complexity index is 148. The highest BCUT2D eigenvalue weighted by molar-refractivity contribution is 5.79. The van der Waals surface area contributed by atoms with E-state index < -0.39 is 18.0 Å². The number of carboxylic acid groups (broad SMARTS) is 1. The van der Waals surface area contributed by atoms with E-state index >= 15 is 0 Å². The molecule has 0 radical (unpaired) electrons. The van der Waals surface area contributed by atoms with Crippen LogP contribution in [-0.2, 0) is 9.59 Å². The van der Waals surface area contributed by atoms with E-state index in [9.17, 15) is 14.0 Å². The second-order valence-electron chi connectivity index (χ2n) is 1.80. The van der Waals surface area contributed by atoms with Gasteiger partial charge in [-0.25, -0.2) is 4.39 Å². The third kappa shape index (κ3) is 3.82. The molecule has 0 aliphatic heterocycles. The highest BCUT2D eigenvalue weighted by Gasteiger charge is 2.14. The number of carbonyl (C=O) groups excluding carboxylic acids is 1. The van der Waals surface area contributed by atoms with Gasteiger partial charge in [0.25, 0.3) is 5.91 Å². The number of alkyl halides is 1. The second kappa shape index (κ2) is 3.81. The number of nitrogens with two attached hydrogens (primary N) is 1. The SMILES string of the molecule is NC(=O)[C@H](F)CCC(=O)O. The van der Waals surface area contributed by atoms with Crippen LogP contribution >= 0.6 is 0 Å². The highest BCUT2D eigenvalue weighted by Crippen LogP contribution is 2.00. The topological polar surface area (TPSA) is 80.4 Å². The lowest BCUT2D eigenvalue weighted by Crippen LogP contribution is -2.24. The van der Waals surface area contributed by atoms with E-state index in [1.54, 1.807) is 0 Å². The molecule has 0 aromatic heterocycles. The van der Waals surface area contributed by atoms with Crippen molar-refractivity contribution in [1.29, 1.82) is 0 Å². The number of amides is 1. The third-order valence-electron chi connectivity index (χ3n) is 0.920. The molecule has 1 atom stereocenters. The Morgan fingerprint density at radius 1 is 1.60 bits per heavy atom. The van der Waals surface area contributed by atoms with Crippen LogP contribution in [-0.4, -0.2) is 23.2 Å². The quantitative estimate of drug-likeness (QED) is 0.574. The Labute approximate surface area is 56.8 Å². The zero-order valence-corrected chi connectivity index (χ0v) is 5.21. The van der Waals surface area contributed by atoms with Gasteiger partial charge in [-0.15, -0.1) is 0 Å².